The smallest absolute Gasteiger partial charge is 0.407 e. The summed E-state index contributed by atoms with van der Waals surface area (Å²) in [5.41, 5.74) is 5.26. The van der Waals surface area contributed by atoms with E-state index in [-0.39, 0.29) is 12.5 Å². The number of anilines is 1. The second kappa shape index (κ2) is 11.2. The van der Waals surface area contributed by atoms with E-state index >= 15 is 0 Å². The number of benzene rings is 1. The van der Waals surface area contributed by atoms with Crippen molar-refractivity contribution < 1.29 is 19.4 Å². The normalized spacial score (nSPS) is 16.3. The van der Waals surface area contributed by atoms with E-state index in [2.05, 4.69) is 14.3 Å². The number of para-hydroxylation sites is 1. The molecule has 5 aromatic rings. The first-order valence-corrected chi connectivity index (χ1v) is 14.2. The number of rotatable bonds is 6. The van der Waals surface area contributed by atoms with Gasteiger partial charge in [-0.1, -0.05) is 18.2 Å². The maximum absolute atomic E-state index is 11.3. The van der Waals surface area contributed by atoms with E-state index < -0.39 is 6.09 Å². The van der Waals surface area contributed by atoms with Gasteiger partial charge in [-0.15, -0.1) is 0 Å². The van der Waals surface area contributed by atoms with Crippen LogP contribution in [0.5, 0.6) is 5.88 Å². The Hall–Kier alpha value is -4.77. The molecule has 0 unspecified atom stereocenters. The van der Waals surface area contributed by atoms with Crippen LogP contribution in [0.4, 0.5) is 10.6 Å². The molecule has 0 saturated carbocycles. The van der Waals surface area contributed by atoms with Gasteiger partial charge in [-0.25, -0.2) is 19.7 Å². The van der Waals surface area contributed by atoms with Crippen molar-refractivity contribution in [1.29, 1.82) is 0 Å². The lowest BCUT2D eigenvalue weighted by atomic mass is 9.96. The van der Waals surface area contributed by atoms with Crippen molar-refractivity contribution in [3.05, 3.63) is 78.5 Å². The average molecular weight is 566 g/mol. The van der Waals surface area contributed by atoms with Gasteiger partial charge < -0.3 is 24.4 Å². The first-order chi connectivity index (χ1) is 20.6. The second-order valence-electron chi connectivity index (χ2n) is 10.6. The number of aromatic nitrogens is 5. The van der Waals surface area contributed by atoms with Gasteiger partial charge in [-0.05, 0) is 37.1 Å². The van der Waals surface area contributed by atoms with Crippen LogP contribution in [0, 0.1) is 0 Å². The number of hydrogen-bond donors (Lipinski definition) is 1. The van der Waals surface area contributed by atoms with Gasteiger partial charge in [0, 0.05) is 74.7 Å². The molecule has 1 N–H and O–H groups in total. The second-order valence-corrected chi connectivity index (χ2v) is 10.6. The molecule has 0 radical (unpaired) electrons. The van der Waals surface area contributed by atoms with Crippen LogP contribution in [0.25, 0.3) is 27.8 Å². The van der Waals surface area contributed by atoms with E-state index in [9.17, 15) is 9.90 Å². The first kappa shape index (κ1) is 26.1. The molecule has 214 valence electrons. The third-order valence-electron chi connectivity index (χ3n) is 8.04. The van der Waals surface area contributed by atoms with Crippen LogP contribution in [0.1, 0.15) is 30.1 Å². The van der Waals surface area contributed by atoms with Crippen molar-refractivity contribution in [2.45, 2.75) is 25.4 Å². The number of hydrogen-bond acceptors (Lipinski definition) is 8. The molecule has 2 aliphatic rings. The van der Waals surface area contributed by atoms with E-state index in [1.54, 1.807) is 0 Å². The van der Waals surface area contributed by atoms with E-state index in [1.165, 1.54) is 4.90 Å². The average Bonchev–Trinajstić information content (AvgIpc) is 3.48. The largest absolute Gasteiger partial charge is 0.471 e. The Balaban J connectivity index is 1.17. The van der Waals surface area contributed by atoms with Gasteiger partial charge in [-0.3, -0.25) is 9.38 Å². The Kier molecular flexibility index (Phi) is 7.00. The summed E-state index contributed by atoms with van der Waals surface area (Å²) in [6, 6.07) is 15.9. The number of carbonyl (C=O) groups is 1. The molecule has 7 rings (SSSR count). The SMILES string of the molecule is O=C(O)N1CCN(c2ccc(-c3cnc(C4CCOCC4)c4nc(COc5ccc6ccccc6n5)cn34)cn2)CC1. The topological polar surface area (TPSA) is 118 Å². The standard InChI is InChI=1S/C31H31N7O4/c39-31(40)37-13-11-36(12-14-37)27-7-5-23(17-32-27)26-18-33-29(22-9-15-41-16-10-22)30-34-24(19-38(26)30)20-42-28-8-6-21-3-1-2-4-25(21)35-28/h1-8,17-19,22H,9-16,20H2,(H,39,40). The number of pyridine rings is 2. The number of amides is 1. The predicted octanol–water partition coefficient (Wildman–Crippen LogP) is 4.61. The van der Waals surface area contributed by atoms with E-state index in [0.717, 1.165) is 71.1 Å². The minimum absolute atomic E-state index is 0.276. The maximum atomic E-state index is 11.3. The third-order valence-corrected chi connectivity index (χ3v) is 8.04. The summed E-state index contributed by atoms with van der Waals surface area (Å²) in [5.74, 6) is 1.66. The summed E-state index contributed by atoms with van der Waals surface area (Å²) in [6.45, 7) is 3.87. The zero-order valence-corrected chi connectivity index (χ0v) is 23.1. The Morgan fingerprint density at radius 2 is 1.79 bits per heavy atom. The number of nitrogens with zero attached hydrogens (tertiary/aromatic N) is 7. The highest BCUT2D eigenvalue weighted by Gasteiger charge is 2.24. The summed E-state index contributed by atoms with van der Waals surface area (Å²) in [4.78, 5) is 34.1. The molecule has 0 aliphatic carbocycles. The summed E-state index contributed by atoms with van der Waals surface area (Å²) in [7, 11) is 0. The van der Waals surface area contributed by atoms with Crippen molar-refractivity contribution in [2.75, 3.05) is 44.3 Å². The summed E-state index contributed by atoms with van der Waals surface area (Å²) < 4.78 is 13.8. The van der Waals surface area contributed by atoms with Crippen molar-refractivity contribution in [1.82, 2.24) is 29.2 Å². The fourth-order valence-corrected chi connectivity index (χ4v) is 5.71. The minimum atomic E-state index is -0.877. The zero-order chi connectivity index (χ0) is 28.5. The molecule has 11 heteroatoms. The number of piperazine rings is 1. The van der Waals surface area contributed by atoms with Crippen LogP contribution < -0.4 is 9.64 Å². The summed E-state index contributed by atoms with van der Waals surface area (Å²) in [6.07, 6.45) is 6.70. The zero-order valence-electron chi connectivity index (χ0n) is 23.1. The van der Waals surface area contributed by atoms with Crippen molar-refractivity contribution >= 4 is 28.5 Å². The van der Waals surface area contributed by atoms with Crippen LogP contribution in [-0.4, -0.2) is 79.8 Å². The molecule has 0 atom stereocenters. The molecule has 11 nitrogen and oxygen atoms in total. The van der Waals surface area contributed by atoms with E-state index in [0.29, 0.717) is 32.1 Å². The molecule has 2 aliphatic heterocycles. The highest BCUT2D eigenvalue weighted by Crippen LogP contribution is 2.31. The Morgan fingerprint density at radius 1 is 0.952 bits per heavy atom. The highest BCUT2D eigenvalue weighted by molar-refractivity contribution is 5.78. The fraction of sp³-hybridized carbons (Fsp3) is 0.323. The molecular weight excluding hydrogens is 534 g/mol. The minimum Gasteiger partial charge on any atom is -0.471 e. The lowest BCUT2D eigenvalue weighted by Gasteiger charge is -2.33. The molecular formula is C31H31N7O4. The van der Waals surface area contributed by atoms with Gasteiger partial charge in [0.2, 0.25) is 5.88 Å². The van der Waals surface area contributed by atoms with Crippen molar-refractivity contribution in [2.24, 2.45) is 0 Å². The molecule has 0 bridgehead atoms. The van der Waals surface area contributed by atoms with Gasteiger partial charge in [0.05, 0.1) is 28.8 Å². The monoisotopic (exact) mass is 565 g/mol. The van der Waals surface area contributed by atoms with E-state index in [4.69, 9.17) is 24.4 Å². The van der Waals surface area contributed by atoms with Gasteiger partial charge in [0.15, 0.2) is 5.65 Å². The molecule has 6 heterocycles. The van der Waals surface area contributed by atoms with Crippen LogP contribution in [0.3, 0.4) is 0 Å². The summed E-state index contributed by atoms with van der Waals surface area (Å²) >= 11 is 0. The molecule has 2 fully saturated rings. The lowest BCUT2D eigenvalue weighted by molar-refractivity contribution is 0.0847. The molecule has 4 aromatic heterocycles. The first-order valence-electron chi connectivity index (χ1n) is 14.2. The lowest BCUT2D eigenvalue weighted by Crippen LogP contribution is -2.48. The maximum Gasteiger partial charge on any atom is 0.407 e. The van der Waals surface area contributed by atoms with Crippen LogP contribution in [-0.2, 0) is 11.3 Å². The number of ether oxygens (including phenoxy) is 2. The van der Waals surface area contributed by atoms with Crippen LogP contribution >= 0.6 is 0 Å². The number of imidazole rings is 1. The highest BCUT2D eigenvalue weighted by atomic mass is 16.5. The van der Waals surface area contributed by atoms with Crippen molar-refractivity contribution in [3.63, 3.8) is 0 Å². The third kappa shape index (κ3) is 5.18. The molecule has 2 saturated heterocycles. The van der Waals surface area contributed by atoms with E-state index in [1.807, 2.05) is 67.1 Å². The summed E-state index contributed by atoms with van der Waals surface area (Å²) in [5, 5.41) is 10.3. The fourth-order valence-electron chi connectivity index (χ4n) is 5.71. The van der Waals surface area contributed by atoms with Gasteiger partial charge in [0.25, 0.3) is 0 Å². The molecule has 1 aromatic carbocycles. The van der Waals surface area contributed by atoms with Gasteiger partial charge >= 0.3 is 6.09 Å². The number of carboxylic acid groups (broad SMARTS) is 1. The Labute approximate surface area is 242 Å². The predicted molar refractivity (Wildman–Crippen MR) is 157 cm³/mol. The van der Waals surface area contributed by atoms with Crippen molar-refractivity contribution in [3.8, 4) is 17.1 Å². The Morgan fingerprint density at radius 3 is 2.57 bits per heavy atom. The van der Waals surface area contributed by atoms with Crippen LogP contribution in [0.15, 0.2) is 67.1 Å². The molecule has 1 amide bonds. The quantitative estimate of drug-likeness (QED) is 0.315. The molecule has 0 spiro atoms. The number of fused-ring (bicyclic) bond motifs is 2. The van der Waals surface area contributed by atoms with Gasteiger partial charge in [0.1, 0.15) is 12.4 Å². The Bertz CT molecular complexity index is 1730. The van der Waals surface area contributed by atoms with Crippen LogP contribution in [0.2, 0.25) is 0 Å². The molecule has 42 heavy (non-hydrogen) atoms. The van der Waals surface area contributed by atoms with Gasteiger partial charge in [-0.2, -0.15) is 0 Å².